The SMILES string of the molecule is COc1ccc(-c2nc(S(=O)(=O)c3ccc4c(c3)OCCO4)c(NCc3cccnc3)o2)cc1. The molecule has 3 heterocycles. The van der Waals surface area contributed by atoms with Gasteiger partial charge in [0.25, 0.3) is 0 Å². The Labute approximate surface area is 196 Å². The van der Waals surface area contributed by atoms with Gasteiger partial charge >= 0.3 is 0 Å². The van der Waals surface area contributed by atoms with E-state index in [4.69, 9.17) is 18.6 Å². The molecule has 174 valence electrons. The number of fused-ring (bicyclic) bond motifs is 1. The Morgan fingerprint density at radius 1 is 1.03 bits per heavy atom. The number of aromatic nitrogens is 2. The quantitative estimate of drug-likeness (QED) is 0.421. The average molecular weight is 480 g/mol. The Balaban J connectivity index is 1.55. The fourth-order valence-corrected chi connectivity index (χ4v) is 4.74. The van der Waals surface area contributed by atoms with Gasteiger partial charge in [-0.05, 0) is 48.0 Å². The van der Waals surface area contributed by atoms with E-state index < -0.39 is 9.84 Å². The van der Waals surface area contributed by atoms with E-state index in [9.17, 15) is 8.42 Å². The molecule has 34 heavy (non-hydrogen) atoms. The number of hydrogen-bond acceptors (Lipinski definition) is 9. The number of hydrogen-bond donors (Lipinski definition) is 1. The van der Waals surface area contributed by atoms with Crippen LogP contribution >= 0.6 is 0 Å². The van der Waals surface area contributed by atoms with Gasteiger partial charge in [0.15, 0.2) is 11.5 Å². The van der Waals surface area contributed by atoms with Crippen molar-refractivity contribution >= 4 is 15.7 Å². The topological polar surface area (TPSA) is 113 Å². The fourth-order valence-electron chi connectivity index (χ4n) is 3.44. The van der Waals surface area contributed by atoms with Crippen molar-refractivity contribution in [2.75, 3.05) is 25.6 Å². The largest absolute Gasteiger partial charge is 0.497 e. The van der Waals surface area contributed by atoms with Gasteiger partial charge in [-0.3, -0.25) is 4.98 Å². The zero-order valence-corrected chi connectivity index (χ0v) is 19.0. The number of ether oxygens (including phenoxy) is 3. The molecule has 0 saturated carbocycles. The minimum absolute atomic E-state index is 0.0239. The summed E-state index contributed by atoms with van der Waals surface area (Å²) in [4.78, 5) is 8.47. The van der Waals surface area contributed by atoms with Crippen molar-refractivity contribution in [3.05, 3.63) is 72.6 Å². The first-order valence-corrected chi connectivity index (χ1v) is 12.0. The highest BCUT2D eigenvalue weighted by Gasteiger charge is 2.30. The van der Waals surface area contributed by atoms with Crippen LogP contribution in [0, 0.1) is 0 Å². The van der Waals surface area contributed by atoms with Crippen molar-refractivity contribution in [1.29, 1.82) is 0 Å². The van der Waals surface area contributed by atoms with Crippen LogP contribution in [-0.2, 0) is 16.4 Å². The lowest BCUT2D eigenvalue weighted by atomic mass is 10.2. The lowest BCUT2D eigenvalue weighted by Gasteiger charge is -2.18. The predicted molar refractivity (Wildman–Crippen MR) is 123 cm³/mol. The number of methoxy groups -OCH3 is 1. The molecule has 2 aromatic carbocycles. The van der Waals surface area contributed by atoms with Gasteiger partial charge in [0.1, 0.15) is 19.0 Å². The molecule has 0 aliphatic carbocycles. The van der Waals surface area contributed by atoms with E-state index in [2.05, 4.69) is 15.3 Å². The Hall–Kier alpha value is -4.05. The van der Waals surface area contributed by atoms with Crippen molar-refractivity contribution in [3.63, 3.8) is 0 Å². The monoisotopic (exact) mass is 479 g/mol. The van der Waals surface area contributed by atoms with E-state index in [1.807, 2.05) is 6.07 Å². The second-order valence-electron chi connectivity index (χ2n) is 7.41. The van der Waals surface area contributed by atoms with Crippen LogP contribution in [0.4, 0.5) is 5.88 Å². The van der Waals surface area contributed by atoms with Crippen LogP contribution in [0.1, 0.15) is 5.56 Å². The van der Waals surface area contributed by atoms with Crippen LogP contribution in [0.3, 0.4) is 0 Å². The third-order valence-electron chi connectivity index (χ3n) is 5.19. The third kappa shape index (κ3) is 4.27. The van der Waals surface area contributed by atoms with Crippen LogP contribution < -0.4 is 19.5 Å². The van der Waals surface area contributed by atoms with Crippen molar-refractivity contribution in [2.24, 2.45) is 0 Å². The molecule has 0 fully saturated rings. The highest BCUT2D eigenvalue weighted by Crippen LogP contribution is 2.37. The molecule has 2 aromatic heterocycles. The number of oxazole rings is 1. The Morgan fingerprint density at radius 3 is 2.56 bits per heavy atom. The summed E-state index contributed by atoms with van der Waals surface area (Å²) < 4.78 is 49.4. The third-order valence-corrected chi connectivity index (χ3v) is 6.85. The predicted octanol–water partition coefficient (Wildman–Crippen LogP) is 3.96. The molecule has 10 heteroatoms. The first-order chi connectivity index (χ1) is 16.5. The summed E-state index contributed by atoms with van der Waals surface area (Å²) >= 11 is 0. The van der Waals surface area contributed by atoms with Gasteiger partial charge < -0.3 is 23.9 Å². The van der Waals surface area contributed by atoms with E-state index in [1.165, 1.54) is 12.1 Å². The van der Waals surface area contributed by atoms with Crippen LogP contribution in [0.15, 0.2) is 81.3 Å². The molecule has 1 aliphatic rings. The van der Waals surface area contributed by atoms with Gasteiger partial charge in [0, 0.05) is 30.6 Å². The normalized spacial score (nSPS) is 12.9. The molecular weight excluding hydrogens is 458 g/mol. The van der Waals surface area contributed by atoms with Crippen LogP contribution in [-0.4, -0.2) is 38.7 Å². The molecule has 1 aliphatic heterocycles. The summed E-state index contributed by atoms with van der Waals surface area (Å²) in [5.41, 5.74) is 1.46. The molecule has 0 saturated heterocycles. The standard InChI is InChI=1S/C24H21N3O6S/c1-30-18-6-4-17(5-7-18)22-27-24(23(33-22)26-15-16-3-2-10-25-14-16)34(28,29)19-8-9-20-21(13-19)32-12-11-31-20/h2-10,13-14,26H,11-12,15H2,1H3. The van der Waals surface area contributed by atoms with E-state index in [1.54, 1.807) is 55.9 Å². The van der Waals surface area contributed by atoms with Crippen molar-refractivity contribution < 1.29 is 27.0 Å². The molecule has 0 spiro atoms. The molecule has 9 nitrogen and oxygen atoms in total. The van der Waals surface area contributed by atoms with Crippen molar-refractivity contribution in [3.8, 4) is 28.7 Å². The average Bonchev–Trinajstić information content (AvgIpc) is 3.33. The maximum Gasteiger partial charge on any atom is 0.234 e. The lowest BCUT2D eigenvalue weighted by molar-refractivity contribution is 0.171. The van der Waals surface area contributed by atoms with Gasteiger partial charge in [0.05, 0.1) is 12.0 Å². The molecule has 1 N–H and O–H groups in total. The summed E-state index contributed by atoms with van der Waals surface area (Å²) in [5, 5.41) is 2.83. The molecule has 0 amide bonds. The molecule has 0 atom stereocenters. The molecular formula is C24H21N3O6S. The minimum atomic E-state index is -4.05. The summed E-state index contributed by atoms with van der Waals surface area (Å²) in [6.45, 7) is 1.06. The second kappa shape index (κ2) is 9.06. The van der Waals surface area contributed by atoms with Crippen LogP contribution in [0.5, 0.6) is 17.2 Å². The number of pyridine rings is 1. The van der Waals surface area contributed by atoms with Gasteiger partial charge in [-0.2, -0.15) is 4.98 Å². The maximum absolute atomic E-state index is 13.6. The maximum atomic E-state index is 13.6. The van der Waals surface area contributed by atoms with E-state index in [0.29, 0.717) is 42.6 Å². The van der Waals surface area contributed by atoms with E-state index >= 15 is 0 Å². The van der Waals surface area contributed by atoms with E-state index in [0.717, 1.165) is 5.56 Å². The van der Waals surface area contributed by atoms with Crippen molar-refractivity contribution in [2.45, 2.75) is 16.5 Å². The molecule has 0 unspecified atom stereocenters. The molecule has 0 radical (unpaired) electrons. The summed E-state index contributed by atoms with van der Waals surface area (Å²) in [6, 6.07) is 15.1. The number of nitrogens with zero attached hydrogens (tertiary/aromatic N) is 2. The fraction of sp³-hybridized carbons (Fsp3) is 0.167. The van der Waals surface area contributed by atoms with Crippen LogP contribution in [0.25, 0.3) is 11.5 Å². The van der Waals surface area contributed by atoms with Gasteiger partial charge in [-0.25, -0.2) is 8.42 Å². The minimum Gasteiger partial charge on any atom is -0.497 e. The highest BCUT2D eigenvalue weighted by molar-refractivity contribution is 7.91. The number of anilines is 1. The van der Waals surface area contributed by atoms with Gasteiger partial charge in [0.2, 0.25) is 26.6 Å². The lowest BCUT2D eigenvalue weighted by Crippen LogP contribution is -2.16. The van der Waals surface area contributed by atoms with Crippen molar-refractivity contribution in [1.82, 2.24) is 9.97 Å². The van der Waals surface area contributed by atoms with Crippen LogP contribution in [0.2, 0.25) is 0 Å². The zero-order valence-electron chi connectivity index (χ0n) is 18.2. The number of nitrogens with one attached hydrogen (secondary N) is 1. The molecule has 5 rings (SSSR count). The Morgan fingerprint density at radius 2 is 1.82 bits per heavy atom. The smallest absolute Gasteiger partial charge is 0.234 e. The summed E-state index contributed by atoms with van der Waals surface area (Å²) in [6.07, 6.45) is 3.35. The number of sulfone groups is 1. The second-order valence-corrected chi connectivity index (χ2v) is 9.27. The summed E-state index contributed by atoms with van der Waals surface area (Å²) in [5.74, 6) is 1.72. The molecule has 0 bridgehead atoms. The van der Waals surface area contributed by atoms with Gasteiger partial charge in [-0.15, -0.1) is 0 Å². The van der Waals surface area contributed by atoms with E-state index in [-0.39, 0.29) is 21.7 Å². The molecule has 4 aromatic rings. The Kier molecular flexibility index (Phi) is 5.81. The zero-order chi connectivity index (χ0) is 23.5. The first kappa shape index (κ1) is 21.8. The Bertz CT molecular complexity index is 1400. The highest BCUT2D eigenvalue weighted by atomic mass is 32.2. The summed E-state index contributed by atoms with van der Waals surface area (Å²) in [7, 11) is -2.48. The number of benzene rings is 2. The first-order valence-electron chi connectivity index (χ1n) is 10.5. The number of rotatable bonds is 7. The van der Waals surface area contributed by atoms with Gasteiger partial charge in [-0.1, -0.05) is 6.07 Å².